The molecule has 0 unspecified atom stereocenters. The van der Waals surface area contributed by atoms with Crippen molar-refractivity contribution in [3.8, 4) is 0 Å². The molecule has 3 heterocycles. The van der Waals surface area contributed by atoms with Crippen LogP contribution >= 0.6 is 23.1 Å². The second-order valence-corrected chi connectivity index (χ2v) is 11.6. The number of rotatable bonds is 6. The third-order valence-electron chi connectivity index (χ3n) is 6.77. The zero-order valence-corrected chi connectivity index (χ0v) is 22.2. The number of carbonyl (C=O) groups is 2. The summed E-state index contributed by atoms with van der Waals surface area (Å²) in [7, 11) is 0. The van der Waals surface area contributed by atoms with Gasteiger partial charge in [-0.3, -0.25) is 9.59 Å². The number of nitrogens with zero attached hydrogens (tertiary/aromatic N) is 4. The predicted molar refractivity (Wildman–Crippen MR) is 144 cm³/mol. The average molecular weight is 528 g/mol. The standard InChI is InChI=1S/C26H30FN5O2S2/c1-16-3-8-20-21(13-16)36-26-24(20)25(28-17(2)29-26)32-11-9-31(10-12-32)23(34)15-35-14-22(33)30-19-6-4-18(27)5-7-19/h4-7,16H,3,8-15H2,1-2H3,(H,30,33)/t16-/m1/s1. The minimum atomic E-state index is -0.350. The number of piperazine rings is 1. The average Bonchev–Trinajstić information content (AvgIpc) is 3.22. The molecule has 5 rings (SSSR count). The fourth-order valence-electron chi connectivity index (χ4n) is 4.88. The molecule has 1 saturated heterocycles. The molecule has 1 aliphatic carbocycles. The van der Waals surface area contributed by atoms with E-state index >= 15 is 0 Å². The molecule has 7 nitrogen and oxygen atoms in total. The SMILES string of the molecule is Cc1nc(N2CCN(C(=O)CSCC(=O)Nc3ccc(F)cc3)CC2)c2c3c(sc2n1)C[C@H](C)CC3. The summed E-state index contributed by atoms with van der Waals surface area (Å²) in [5.41, 5.74) is 1.97. The molecule has 1 atom stereocenters. The van der Waals surface area contributed by atoms with Gasteiger partial charge in [0.05, 0.1) is 16.9 Å². The molecule has 1 aliphatic heterocycles. The molecule has 0 spiro atoms. The second kappa shape index (κ2) is 10.7. The van der Waals surface area contributed by atoms with Gasteiger partial charge in [0, 0.05) is 36.7 Å². The van der Waals surface area contributed by atoms with Crippen LogP contribution in [0, 0.1) is 18.7 Å². The third kappa shape index (κ3) is 5.49. The number of hydrogen-bond acceptors (Lipinski definition) is 7. The number of nitrogens with one attached hydrogen (secondary N) is 1. The molecule has 10 heteroatoms. The van der Waals surface area contributed by atoms with Crippen LogP contribution in [0.5, 0.6) is 0 Å². The Labute approximate surface area is 218 Å². The van der Waals surface area contributed by atoms with E-state index in [4.69, 9.17) is 9.97 Å². The lowest BCUT2D eigenvalue weighted by Crippen LogP contribution is -2.49. The number of hydrogen-bond donors (Lipinski definition) is 1. The Morgan fingerprint density at radius 3 is 2.64 bits per heavy atom. The molecule has 2 aliphatic rings. The van der Waals surface area contributed by atoms with Gasteiger partial charge in [0.15, 0.2) is 0 Å². The van der Waals surface area contributed by atoms with Crippen molar-refractivity contribution in [2.24, 2.45) is 5.92 Å². The van der Waals surface area contributed by atoms with Crippen molar-refractivity contribution in [2.45, 2.75) is 33.1 Å². The summed E-state index contributed by atoms with van der Waals surface area (Å²) < 4.78 is 13.0. The van der Waals surface area contributed by atoms with E-state index in [2.05, 4.69) is 17.1 Å². The summed E-state index contributed by atoms with van der Waals surface area (Å²) in [4.78, 5) is 41.2. The Bertz CT molecular complexity index is 1270. The lowest BCUT2D eigenvalue weighted by molar-refractivity contribution is -0.128. The highest BCUT2D eigenvalue weighted by Gasteiger charge is 2.28. The van der Waals surface area contributed by atoms with Crippen LogP contribution < -0.4 is 10.2 Å². The van der Waals surface area contributed by atoms with E-state index in [1.807, 2.05) is 23.2 Å². The molecular formula is C26H30FN5O2S2. The van der Waals surface area contributed by atoms with Crippen LogP contribution in [0.2, 0.25) is 0 Å². The normalized spacial score (nSPS) is 17.8. The maximum absolute atomic E-state index is 13.0. The van der Waals surface area contributed by atoms with Gasteiger partial charge in [-0.1, -0.05) is 6.92 Å². The zero-order valence-electron chi connectivity index (χ0n) is 20.6. The molecule has 1 fully saturated rings. The Balaban J connectivity index is 1.15. The maximum Gasteiger partial charge on any atom is 0.234 e. The summed E-state index contributed by atoms with van der Waals surface area (Å²) in [5.74, 6) is 2.43. The molecule has 0 bridgehead atoms. The van der Waals surface area contributed by atoms with Crippen LogP contribution in [-0.4, -0.2) is 64.4 Å². The van der Waals surface area contributed by atoms with Gasteiger partial charge in [0.2, 0.25) is 11.8 Å². The maximum atomic E-state index is 13.0. The highest BCUT2D eigenvalue weighted by molar-refractivity contribution is 8.00. The van der Waals surface area contributed by atoms with Gasteiger partial charge in [0.25, 0.3) is 0 Å². The van der Waals surface area contributed by atoms with Crippen molar-refractivity contribution < 1.29 is 14.0 Å². The Morgan fingerprint density at radius 2 is 1.89 bits per heavy atom. The lowest BCUT2D eigenvalue weighted by Gasteiger charge is -2.36. The highest BCUT2D eigenvalue weighted by atomic mass is 32.2. The number of aryl methyl sites for hydroxylation is 2. The van der Waals surface area contributed by atoms with E-state index < -0.39 is 0 Å². The van der Waals surface area contributed by atoms with E-state index in [1.165, 1.54) is 58.3 Å². The molecule has 0 radical (unpaired) electrons. The minimum absolute atomic E-state index is 0.0418. The zero-order chi connectivity index (χ0) is 25.2. The van der Waals surface area contributed by atoms with E-state index in [0.717, 1.165) is 42.4 Å². The largest absolute Gasteiger partial charge is 0.352 e. The predicted octanol–water partition coefficient (Wildman–Crippen LogP) is 4.28. The molecule has 0 saturated carbocycles. The molecule has 2 amide bonds. The molecule has 3 aromatic rings. The number of anilines is 2. The highest BCUT2D eigenvalue weighted by Crippen LogP contribution is 2.41. The molecule has 2 aromatic heterocycles. The first-order valence-corrected chi connectivity index (χ1v) is 14.3. The smallest absolute Gasteiger partial charge is 0.234 e. The van der Waals surface area contributed by atoms with E-state index in [9.17, 15) is 14.0 Å². The van der Waals surface area contributed by atoms with Gasteiger partial charge in [-0.2, -0.15) is 0 Å². The number of benzene rings is 1. The molecule has 36 heavy (non-hydrogen) atoms. The number of halogens is 1. The van der Waals surface area contributed by atoms with Gasteiger partial charge in [-0.15, -0.1) is 23.1 Å². The van der Waals surface area contributed by atoms with E-state index in [-0.39, 0.29) is 29.1 Å². The summed E-state index contributed by atoms with van der Waals surface area (Å²) >= 11 is 3.11. The van der Waals surface area contributed by atoms with Crippen molar-refractivity contribution in [3.05, 3.63) is 46.3 Å². The Hall–Kier alpha value is -2.72. The van der Waals surface area contributed by atoms with Crippen LogP contribution in [0.25, 0.3) is 10.2 Å². The topological polar surface area (TPSA) is 78.4 Å². The van der Waals surface area contributed by atoms with Gasteiger partial charge >= 0.3 is 0 Å². The van der Waals surface area contributed by atoms with Gasteiger partial charge in [-0.05, 0) is 61.9 Å². The molecular weight excluding hydrogens is 497 g/mol. The number of carbonyl (C=O) groups excluding carboxylic acids is 2. The molecule has 1 N–H and O–H groups in total. The van der Waals surface area contributed by atoms with Gasteiger partial charge in [0.1, 0.15) is 22.3 Å². The van der Waals surface area contributed by atoms with Crippen molar-refractivity contribution in [2.75, 3.05) is 47.9 Å². The van der Waals surface area contributed by atoms with Crippen LogP contribution in [0.3, 0.4) is 0 Å². The number of thiophene rings is 1. The summed E-state index contributed by atoms with van der Waals surface area (Å²) in [6.45, 7) is 7.00. The third-order valence-corrected chi connectivity index (χ3v) is 8.83. The fraction of sp³-hybridized carbons (Fsp3) is 0.462. The summed E-state index contributed by atoms with van der Waals surface area (Å²) in [6.07, 6.45) is 3.41. The Morgan fingerprint density at radius 1 is 1.14 bits per heavy atom. The first-order valence-electron chi connectivity index (χ1n) is 12.3. The van der Waals surface area contributed by atoms with E-state index in [1.54, 1.807) is 0 Å². The molecule has 190 valence electrons. The van der Waals surface area contributed by atoms with Crippen molar-refractivity contribution >= 4 is 56.6 Å². The Kier molecular flexibility index (Phi) is 7.43. The summed E-state index contributed by atoms with van der Waals surface area (Å²) in [6, 6.07) is 5.63. The number of aromatic nitrogens is 2. The van der Waals surface area contributed by atoms with Crippen LogP contribution in [0.15, 0.2) is 24.3 Å². The minimum Gasteiger partial charge on any atom is -0.352 e. The monoisotopic (exact) mass is 527 g/mol. The van der Waals surface area contributed by atoms with Crippen LogP contribution in [0.4, 0.5) is 15.9 Å². The molecule has 1 aromatic carbocycles. The van der Waals surface area contributed by atoms with Crippen molar-refractivity contribution in [3.63, 3.8) is 0 Å². The first kappa shape index (κ1) is 25.0. The van der Waals surface area contributed by atoms with Gasteiger partial charge in [-0.25, -0.2) is 14.4 Å². The van der Waals surface area contributed by atoms with Crippen molar-refractivity contribution in [1.29, 1.82) is 0 Å². The first-order chi connectivity index (χ1) is 17.4. The van der Waals surface area contributed by atoms with Gasteiger partial charge < -0.3 is 15.1 Å². The lowest BCUT2D eigenvalue weighted by atomic mass is 9.89. The van der Waals surface area contributed by atoms with Crippen LogP contribution in [0.1, 0.15) is 29.6 Å². The number of fused-ring (bicyclic) bond motifs is 3. The fourth-order valence-corrected chi connectivity index (χ4v) is 7.02. The van der Waals surface area contributed by atoms with E-state index in [0.29, 0.717) is 24.7 Å². The quantitative estimate of drug-likeness (QED) is 0.516. The second-order valence-electron chi connectivity index (χ2n) is 9.54. The number of amides is 2. The number of thioether (sulfide) groups is 1. The van der Waals surface area contributed by atoms with Crippen molar-refractivity contribution in [1.82, 2.24) is 14.9 Å². The van der Waals surface area contributed by atoms with Crippen LogP contribution in [-0.2, 0) is 22.4 Å². The summed E-state index contributed by atoms with van der Waals surface area (Å²) in [5, 5.41) is 3.94.